The molecular weight excluding hydrogens is 433 g/mol. The topological polar surface area (TPSA) is 87.6 Å². The van der Waals surface area contributed by atoms with Crippen LogP contribution in [0.3, 0.4) is 0 Å². The zero-order valence-electron chi connectivity index (χ0n) is 14.8. The van der Waals surface area contributed by atoms with Gasteiger partial charge in [-0.25, -0.2) is 13.8 Å². The molecule has 0 saturated carbocycles. The average molecular weight is 448 g/mol. The fraction of sp³-hybridized carbons (Fsp3) is 0. The Morgan fingerprint density at radius 3 is 2.21 bits per heavy atom. The Hall–Kier alpha value is -2.87. The molecule has 29 heavy (non-hydrogen) atoms. The standard InChI is InChI=1S/C20H15Cl2N3O3S/c21-16-7-11-18(12-8-16)29(27,28)25-17-9-5-14(6-10-17)20(26)24-23-13-15-3-1-2-4-19(15)22/h1-13,25H,(H,24,26). The molecule has 148 valence electrons. The Balaban J connectivity index is 1.64. The van der Waals surface area contributed by atoms with Gasteiger partial charge in [0.2, 0.25) is 0 Å². The molecular formula is C20H15Cl2N3O3S. The number of hydrazone groups is 1. The van der Waals surface area contributed by atoms with E-state index in [1.807, 2.05) is 0 Å². The number of nitrogens with zero attached hydrogens (tertiary/aromatic N) is 1. The molecule has 0 fully saturated rings. The highest BCUT2D eigenvalue weighted by molar-refractivity contribution is 7.92. The first-order chi connectivity index (χ1) is 13.8. The fourth-order valence-electron chi connectivity index (χ4n) is 2.32. The highest BCUT2D eigenvalue weighted by Crippen LogP contribution is 2.19. The van der Waals surface area contributed by atoms with E-state index < -0.39 is 15.9 Å². The number of halogens is 2. The molecule has 2 N–H and O–H groups in total. The van der Waals surface area contributed by atoms with Gasteiger partial charge in [0.05, 0.1) is 11.1 Å². The van der Waals surface area contributed by atoms with Crippen LogP contribution in [0.5, 0.6) is 0 Å². The molecule has 0 bridgehead atoms. The molecule has 1 amide bonds. The summed E-state index contributed by atoms with van der Waals surface area (Å²) in [7, 11) is -3.76. The van der Waals surface area contributed by atoms with Gasteiger partial charge in [-0.05, 0) is 54.6 Å². The van der Waals surface area contributed by atoms with Crippen molar-refractivity contribution in [3.05, 3.63) is 94.0 Å². The minimum absolute atomic E-state index is 0.0811. The summed E-state index contributed by atoms with van der Waals surface area (Å²) in [6.45, 7) is 0. The summed E-state index contributed by atoms with van der Waals surface area (Å²) in [5.41, 5.74) is 3.69. The van der Waals surface area contributed by atoms with E-state index in [1.54, 1.807) is 24.3 Å². The third-order valence-corrected chi connectivity index (χ3v) is 5.79. The minimum Gasteiger partial charge on any atom is -0.280 e. The van der Waals surface area contributed by atoms with Crippen molar-refractivity contribution in [3.63, 3.8) is 0 Å². The van der Waals surface area contributed by atoms with Crippen LogP contribution in [0.4, 0.5) is 5.69 Å². The molecule has 3 aromatic rings. The normalized spacial score (nSPS) is 11.4. The van der Waals surface area contributed by atoms with Crippen molar-refractivity contribution >= 4 is 51.0 Å². The molecule has 0 aliphatic rings. The molecule has 0 saturated heterocycles. The van der Waals surface area contributed by atoms with Gasteiger partial charge in [0.25, 0.3) is 15.9 Å². The first kappa shape index (κ1) is 20.9. The summed E-state index contributed by atoms with van der Waals surface area (Å²) < 4.78 is 27.2. The fourth-order valence-corrected chi connectivity index (χ4v) is 3.69. The Morgan fingerprint density at radius 2 is 1.55 bits per heavy atom. The zero-order valence-corrected chi connectivity index (χ0v) is 17.2. The summed E-state index contributed by atoms with van der Waals surface area (Å²) in [5, 5.41) is 4.83. The number of carbonyl (C=O) groups excluding carboxylic acids is 1. The molecule has 0 atom stereocenters. The largest absolute Gasteiger partial charge is 0.280 e. The lowest BCUT2D eigenvalue weighted by Crippen LogP contribution is -2.18. The van der Waals surface area contributed by atoms with Gasteiger partial charge >= 0.3 is 0 Å². The monoisotopic (exact) mass is 447 g/mol. The lowest BCUT2D eigenvalue weighted by atomic mass is 10.2. The van der Waals surface area contributed by atoms with Gasteiger partial charge in [-0.2, -0.15) is 5.10 Å². The van der Waals surface area contributed by atoms with Crippen LogP contribution in [0.15, 0.2) is 82.8 Å². The van der Waals surface area contributed by atoms with Crippen LogP contribution in [0.25, 0.3) is 0 Å². The van der Waals surface area contributed by atoms with Crippen molar-refractivity contribution in [1.29, 1.82) is 0 Å². The third kappa shape index (κ3) is 5.57. The molecule has 0 aliphatic heterocycles. The number of benzene rings is 3. The molecule has 0 aromatic heterocycles. The molecule has 3 aromatic carbocycles. The van der Waals surface area contributed by atoms with E-state index in [4.69, 9.17) is 23.2 Å². The summed E-state index contributed by atoms with van der Waals surface area (Å²) in [4.78, 5) is 12.2. The van der Waals surface area contributed by atoms with E-state index in [2.05, 4.69) is 15.2 Å². The van der Waals surface area contributed by atoms with Crippen LogP contribution in [0.2, 0.25) is 10.0 Å². The first-order valence-electron chi connectivity index (χ1n) is 8.31. The maximum absolute atomic E-state index is 12.4. The number of hydrogen-bond acceptors (Lipinski definition) is 4. The highest BCUT2D eigenvalue weighted by atomic mass is 35.5. The Kier molecular flexibility index (Phi) is 6.53. The average Bonchev–Trinajstić information content (AvgIpc) is 2.70. The summed E-state index contributed by atoms with van der Waals surface area (Å²) in [6, 6.07) is 18.8. The van der Waals surface area contributed by atoms with Gasteiger partial charge in [0, 0.05) is 26.9 Å². The SMILES string of the molecule is O=C(NN=Cc1ccccc1Cl)c1ccc(NS(=O)(=O)c2ccc(Cl)cc2)cc1. The second-order valence-corrected chi connectivity index (χ2v) is 8.38. The summed E-state index contributed by atoms with van der Waals surface area (Å²) >= 11 is 11.8. The van der Waals surface area contributed by atoms with E-state index in [0.717, 1.165) is 0 Å². The van der Waals surface area contributed by atoms with E-state index in [-0.39, 0.29) is 4.90 Å². The summed E-state index contributed by atoms with van der Waals surface area (Å²) in [5.74, 6) is -0.444. The quantitative estimate of drug-likeness (QED) is 0.428. The predicted molar refractivity (Wildman–Crippen MR) is 115 cm³/mol. The predicted octanol–water partition coefficient (Wildman–Crippen LogP) is 4.56. The Bertz CT molecular complexity index is 1150. The van der Waals surface area contributed by atoms with E-state index in [9.17, 15) is 13.2 Å². The summed E-state index contributed by atoms with van der Waals surface area (Å²) in [6.07, 6.45) is 1.44. The van der Waals surface area contributed by atoms with Gasteiger partial charge < -0.3 is 0 Å². The van der Waals surface area contributed by atoms with Crippen LogP contribution in [-0.2, 0) is 10.0 Å². The number of amides is 1. The van der Waals surface area contributed by atoms with Crippen molar-refractivity contribution in [3.8, 4) is 0 Å². The smallest absolute Gasteiger partial charge is 0.271 e. The van der Waals surface area contributed by atoms with Gasteiger partial charge in [0.1, 0.15) is 0 Å². The molecule has 3 rings (SSSR count). The van der Waals surface area contributed by atoms with Gasteiger partial charge in [-0.1, -0.05) is 41.4 Å². The number of rotatable bonds is 6. The van der Waals surface area contributed by atoms with E-state index in [1.165, 1.54) is 54.7 Å². The van der Waals surface area contributed by atoms with Crippen molar-refractivity contribution in [2.75, 3.05) is 4.72 Å². The molecule has 0 heterocycles. The maximum atomic E-state index is 12.4. The molecule has 0 radical (unpaired) electrons. The molecule has 0 unspecified atom stereocenters. The molecule has 0 spiro atoms. The Labute approximate surface area is 178 Å². The number of carbonyl (C=O) groups is 1. The second-order valence-electron chi connectivity index (χ2n) is 5.86. The third-order valence-electron chi connectivity index (χ3n) is 3.80. The lowest BCUT2D eigenvalue weighted by Gasteiger charge is -2.09. The van der Waals surface area contributed by atoms with Crippen LogP contribution in [0, 0.1) is 0 Å². The van der Waals surface area contributed by atoms with Crippen molar-refractivity contribution < 1.29 is 13.2 Å². The Morgan fingerprint density at radius 1 is 0.897 bits per heavy atom. The molecule has 0 aliphatic carbocycles. The molecule has 9 heteroatoms. The minimum atomic E-state index is -3.76. The number of nitrogens with one attached hydrogen (secondary N) is 2. The number of hydrogen-bond donors (Lipinski definition) is 2. The van der Waals surface area contributed by atoms with E-state index in [0.29, 0.717) is 26.9 Å². The van der Waals surface area contributed by atoms with Crippen molar-refractivity contribution in [1.82, 2.24) is 5.43 Å². The van der Waals surface area contributed by atoms with Gasteiger partial charge in [-0.3, -0.25) is 9.52 Å². The number of sulfonamides is 1. The first-order valence-corrected chi connectivity index (χ1v) is 10.6. The maximum Gasteiger partial charge on any atom is 0.271 e. The van der Waals surface area contributed by atoms with E-state index >= 15 is 0 Å². The van der Waals surface area contributed by atoms with Crippen LogP contribution in [-0.4, -0.2) is 20.5 Å². The van der Waals surface area contributed by atoms with Gasteiger partial charge in [-0.15, -0.1) is 0 Å². The number of anilines is 1. The van der Waals surface area contributed by atoms with Crippen LogP contribution in [0.1, 0.15) is 15.9 Å². The molecule has 6 nitrogen and oxygen atoms in total. The second kappa shape index (κ2) is 9.09. The highest BCUT2D eigenvalue weighted by Gasteiger charge is 2.14. The van der Waals surface area contributed by atoms with Crippen molar-refractivity contribution in [2.24, 2.45) is 5.10 Å². The van der Waals surface area contributed by atoms with Crippen molar-refractivity contribution in [2.45, 2.75) is 4.90 Å². The lowest BCUT2D eigenvalue weighted by molar-refractivity contribution is 0.0955. The van der Waals surface area contributed by atoms with Gasteiger partial charge in [0.15, 0.2) is 0 Å². The van der Waals surface area contributed by atoms with Crippen LogP contribution < -0.4 is 10.1 Å². The van der Waals surface area contributed by atoms with Crippen LogP contribution >= 0.6 is 23.2 Å². The zero-order chi connectivity index (χ0) is 20.9.